The largest absolute Gasteiger partial charge is 0.340 e. The third-order valence-electron chi connectivity index (χ3n) is 3.57. The van der Waals surface area contributed by atoms with E-state index in [9.17, 15) is 4.79 Å². The van der Waals surface area contributed by atoms with Crippen LogP contribution in [0.5, 0.6) is 0 Å². The van der Waals surface area contributed by atoms with Gasteiger partial charge in [-0.1, -0.05) is 0 Å². The number of amides is 1. The summed E-state index contributed by atoms with van der Waals surface area (Å²) in [5, 5.41) is 3.31. The lowest BCUT2D eigenvalue weighted by Crippen LogP contribution is -2.47. The van der Waals surface area contributed by atoms with Gasteiger partial charge in [-0.3, -0.25) is 4.79 Å². The van der Waals surface area contributed by atoms with Crippen molar-refractivity contribution < 1.29 is 4.79 Å². The maximum absolute atomic E-state index is 12.3. The van der Waals surface area contributed by atoms with Gasteiger partial charge in [0, 0.05) is 19.6 Å². The summed E-state index contributed by atoms with van der Waals surface area (Å²) in [6, 6.07) is 0.413. The van der Waals surface area contributed by atoms with Crippen LogP contribution in [0.1, 0.15) is 26.2 Å². The Hall–Kier alpha value is -0.220. The second-order valence-corrected chi connectivity index (χ2v) is 6.34. The Labute approximate surface area is 96.0 Å². The Balaban J connectivity index is 1.99. The SMILES string of the molecule is CN(C(=O)C1(C)CCCS1)C1CCNC1. The van der Waals surface area contributed by atoms with Crippen LogP contribution in [-0.2, 0) is 4.79 Å². The van der Waals surface area contributed by atoms with Gasteiger partial charge in [0.15, 0.2) is 0 Å². The summed E-state index contributed by atoms with van der Waals surface area (Å²) in [7, 11) is 1.96. The fraction of sp³-hybridized carbons (Fsp3) is 0.909. The number of nitrogens with one attached hydrogen (secondary N) is 1. The van der Waals surface area contributed by atoms with Crippen molar-refractivity contribution in [2.45, 2.75) is 37.0 Å². The number of carbonyl (C=O) groups is 1. The van der Waals surface area contributed by atoms with Crippen molar-refractivity contribution in [2.75, 3.05) is 25.9 Å². The van der Waals surface area contributed by atoms with E-state index in [1.807, 2.05) is 23.7 Å². The van der Waals surface area contributed by atoms with Gasteiger partial charge in [-0.15, -0.1) is 11.8 Å². The van der Waals surface area contributed by atoms with E-state index in [4.69, 9.17) is 0 Å². The highest BCUT2D eigenvalue weighted by Crippen LogP contribution is 2.39. The molecule has 0 bridgehead atoms. The molecule has 15 heavy (non-hydrogen) atoms. The zero-order valence-corrected chi connectivity index (χ0v) is 10.4. The summed E-state index contributed by atoms with van der Waals surface area (Å²) in [6.45, 7) is 4.11. The zero-order chi connectivity index (χ0) is 10.9. The van der Waals surface area contributed by atoms with Gasteiger partial charge in [-0.2, -0.15) is 0 Å². The molecule has 2 aliphatic heterocycles. The van der Waals surface area contributed by atoms with Crippen molar-refractivity contribution in [3.8, 4) is 0 Å². The predicted octanol–water partition coefficient (Wildman–Crippen LogP) is 1.09. The summed E-state index contributed by atoms with van der Waals surface area (Å²) < 4.78 is -0.142. The summed E-state index contributed by atoms with van der Waals surface area (Å²) in [6.07, 6.45) is 3.33. The summed E-state index contributed by atoms with van der Waals surface area (Å²) in [5.41, 5.74) is 0. The Kier molecular flexibility index (Phi) is 3.26. The Morgan fingerprint density at radius 3 is 2.93 bits per heavy atom. The third-order valence-corrected chi connectivity index (χ3v) is 5.08. The molecule has 1 N–H and O–H groups in total. The maximum atomic E-state index is 12.3. The predicted molar refractivity (Wildman–Crippen MR) is 64.1 cm³/mol. The first-order valence-corrected chi connectivity index (χ1v) is 6.74. The second-order valence-electron chi connectivity index (χ2n) is 4.75. The lowest BCUT2D eigenvalue weighted by molar-refractivity contribution is -0.133. The number of hydrogen-bond acceptors (Lipinski definition) is 3. The molecule has 0 aromatic heterocycles. The molecular weight excluding hydrogens is 208 g/mol. The molecule has 2 heterocycles. The van der Waals surface area contributed by atoms with Crippen LogP contribution in [0.4, 0.5) is 0 Å². The van der Waals surface area contributed by atoms with Crippen LogP contribution in [0.3, 0.4) is 0 Å². The van der Waals surface area contributed by atoms with Crippen LogP contribution in [0.2, 0.25) is 0 Å². The molecule has 0 aromatic rings. The van der Waals surface area contributed by atoms with Crippen molar-refractivity contribution in [1.29, 1.82) is 0 Å². The van der Waals surface area contributed by atoms with E-state index in [2.05, 4.69) is 12.2 Å². The van der Waals surface area contributed by atoms with Crippen molar-refractivity contribution in [3.63, 3.8) is 0 Å². The molecule has 2 fully saturated rings. The lowest BCUT2D eigenvalue weighted by atomic mass is 10.0. The lowest BCUT2D eigenvalue weighted by Gasteiger charge is -2.32. The fourth-order valence-electron chi connectivity index (χ4n) is 2.46. The molecule has 0 radical (unpaired) electrons. The molecule has 86 valence electrons. The number of likely N-dealkylation sites (N-methyl/N-ethyl adjacent to an activating group) is 1. The fourth-order valence-corrected chi connectivity index (χ4v) is 3.75. The molecule has 2 atom stereocenters. The first-order chi connectivity index (χ1) is 7.13. The highest BCUT2D eigenvalue weighted by Gasteiger charge is 2.40. The average Bonchev–Trinajstić information content (AvgIpc) is 2.86. The molecule has 2 aliphatic rings. The highest BCUT2D eigenvalue weighted by atomic mass is 32.2. The van der Waals surface area contributed by atoms with E-state index in [1.165, 1.54) is 6.42 Å². The van der Waals surface area contributed by atoms with E-state index >= 15 is 0 Å². The van der Waals surface area contributed by atoms with Crippen LogP contribution in [0, 0.1) is 0 Å². The monoisotopic (exact) mass is 228 g/mol. The molecule has 0 spiro atoms. The normalized spacial score (nSPS) is 35.7. The summed E-state index contributed by atoms with van der Waals surface area (Å²) in [4.78, 5) is 14.3. The minimum atomic E-state index is -0.142. The number of nitrogens with zero attached hydrogens (tertiary/aromatic N) is 1. The minimum Gasteiger partial charge on any atom is -0.340 e. The second kappa shape index (κ2) is 4.34. The van der Waals surface area contributed by atoms with E-state index in [0.29, 0.717) is 11.9 Å². The van der Waals surface area contributed by atoms with E-state index in [-0.39, 0.29) is 4.75 Å². The van der Waals surface area contributed by atoms with Gasteiger partial charge in [-0.25, -0.2) is 0 Å². The summed E-state index contributed by atoms with van der Waals surface area (Å²) in [5.74, 6) is 1.47. The van der Waals surface area contributed by atoms with Crippen molar-refractivity contribution in [1.82, 2.24) is 10.2 Å². The Morgan fingerprint density at radius 1 is 1.60 bits per heavy atom. The topological polar surface area (TPSA) is 32.3 Å². The van der Waals surface area contributed by atoms with Gasteiger partial charge < -0.3 is 10.2 Å². The molecule has 2 rings (SSSR count). The number of carbonyl (C=O) groups excluding carboxylic acids is 1. The van der Waals surface area contributed by atoms with Gasteiger partial charge >= 0.3 is 0 Å². The quantitative estimate of drug-likeness (QED) is 0.768. The van der Waals surface area contributed by atoms with Gasteiger partial charge in [0.2, 0.25) is 5.91 Å². The van der Waals surface area contributed by atoms with E-state index in [0.717, 1.165) is 31.7 Å². The average molecular weight is 228 g/mol. The number of rotatable bonds is 2. The van der Waals surface area contributed by atoms with Crippen LogP contribution >= 0.6 is 11.8 Å². The van der Waals surface area contributed by atoms with Crippen molar-refractivity contribution >= 4 is 17.7 Å². The van der Waals surface area contributed by atoms with Gasteiger partial charge in [0.25, 0.3) is 0 Å². The number of thioether (sulfide) groups is 1. The smallest absolute Gasteiger partial charge is 0.238 e. The molecule has 2 saturated heterocycles. The minimum absolute atomic E-state index is 0.142. The first kappa shape index (κ1) is 11.3. The van der Waals surface area contributed by atoms with E-state index < -0.39 is 0 Å². The van der Waals surface area contributed by atoms with Crippen LogP contribution in [-0.4, -0.2) is 47.5 Å². The highest BCUT2D eigenvalue weighted by molar-refractivity contribution is 8.01. The number of hydrogen-bond donors (Lipinski definition) is 1. The van der Waals surface area contributed by atoms with Crippen molar-refractivity contribution in [2.24, 2.45) is 0 Å². The Bertz CT molecular complexity index is 245. The van der Waals surface area contributed by atoms with Gasteiger partial charge in [0.1, 0.15) is 0 Å². The summed E-state index contributed by atoms with van der Waals surface area (Å²) >= 11 is 1.83. The molecular formula is C11H20N2OS. The molecule has 4 heteroatoms. The van der Waals surface area contributed by atoms with Crippen LogP contribution in [0.25, 0.3) is 0 Å². The molecule has 3 nitrogen and oxygen atoms in total. The molecule has 0 saturated carbocycles. The molecule has 0 aliphatic carbocycles. The Morgan fingerprint density at radius 2 is 2.40 bits per heavy atom. The standard InChI is InChI=1S/C11H20N2OS/c1-11(5-3-7-15-11)10(14)13(2)9-4-6-12-8-9/h9,12H,3-8H2,1-2H3. The first-order valence-electron chi connectivity index (χ1n) is 5.75. The van der Waals surface area contributed by atoms with Crippen LogP contribution in [0.15, 0.2) is 0 Å². The van der Waals surface area contributed by atoms with Crippen LogP contribution < -0.4 is 5.32 Å². The third kappa shape index (κ3) is 2.16. The molecule has 2 unspecified atom stereocenters. The molecule has 1 amide bonds. The van der Waals surface area contributed by atoms with Crippen molar-refractivity contribution in [3.05, 3.63) is 0 Å². The zero-order valence-electron chi connectivity index (χ0n) is 9.58. The maximum Gasteiger partial charge on any atom is 0.238 e. The molecule has 0 aromatic carbocycles. The van der Waals surface area contributed by atoms with Gasteiger partial charge in [0.05, 0.1) is 4.75 Å². The van der Waals surface area contributed by atoms with Gasteiger partial charge in [-0.05, 0) is 38.5 Å². The van der Waals surface area contributed by atoms with E-state index in [1.54, 1.807) is 0 Å².